The van der Waals surface area contributed by atoms with E-state index in [0.717, 1.165) is 0 Å². The second kappa shape index (κ2) is 11.9. The molecule has 3 aromatic carbocycles. The molecule has 0 atom stereocenters. The smallest absolute Gasteiger partial charge is 0.345 e. The zero-order valence-corrected chi connectivity index (χ0v) is 19.7. The van der Waals surface area contributed by atoms with Gasteiger partial charge in [-0.05, 0) is 54.1 Å². The molecule has 34 heavy (non-hydrogen) atoms. The van der Waals surface area contributed by atoms with Gasteiger partial charge >= 0.3 is 5.97 Å². The third-order valence-corrected chi connectivity index (χ3v) is 4.92. The lowest BCUT2D eigenvalue weighted by Crippen LogP contribution is -2.24. The Morgan fingerprint density at radius 1 is 0.912 bits per heavy atom. The number of para-hydroxylation sites is 2. The minimum atomic E-state index is -0.663. The highest BCUT2D eigenvalue weighted by Gasteiger charge is 2.16. The number of halogens is 2. The topological polar surface area (TPSA) is 95.5 Å². The maximum Gasteiger partial charge on any atom is 0.345 e. The monoisotopic (exact) mass is 502 g/mol. The molecule has 3 rings (SSSR count). The second-order valence-electron chi connectivity index (χ2n) is 6.66. The van der Waals surface area contributed by atoms with Crippen LogP contribution in [0.25, 0.3) is 0 Å². The molecule has 1 N–H and O–H groups in total. The summed E-state index contributed by atoms with van der Waals surface area (Å²) in [4.78, 5) is 24.4. The zero-order valence-electron chi connectivity index (χ0n) is 18.2. The van der Waals surface area contributed by atoms with E-state index in [1.807, 2.05) is 0 Å². The van der Waals surface area contributed by atoms with E-state index in [1.165, 1.54) is 44.7 Å². The van der Waals surface area contributed by atoms with Crippen molar-refractivity contribution in [3.8, 4) is 23.0 Å². The third kappa shape index (κ3) is 6.63. The minimum absolute atomic E-state index is 0.164. The molecular formula is C24H20Cl2N2O6. The van der Waals surface area contributed by atoms with Crippen molar-refractivity contribution in [2.24, 2.45) is 5.10 Å². The van der Waals surface area contributed by atoms with Crippen molar-refractivity contribution in [2.45, 2.75) is 0 Å². The van der Waals surface area contributed by atoms with Gasteiger partial charge in [-0.25, -0.2) is 10.2 Å². The Morgan fingerprint density at radius 2 is 1.65 bits per heavy atom. The molecule has 0 radical (unpaired) electrons. The number of ether oxygens (including phenoxy) is 4. The molecule has 0 unspecified atom stereocenters. The van der Waals surface area contributed by atoms with Crippen LogP contribution in [0.5, 0.6) is 23.0 Å². The average Bonchev–Trinajstić information content (AvgIpc) is 2.83. The van der Waals surface area contributed by atoms with Crippen molar-refractivity contribution >= 4 is 41.3 Å². The van der Waals surface area contributed by atoms with Gasteiger partial charge < -0.3 is 18.9 Å². The molecule has 8 nitrogen and oxygen atoms in total. The number of rotatable bonds is 9. The van der Waals surface area contributed by atoms with Crippen LogP contribution in [0.2, 0.25) is 10.0 Å². The average molecular weight is 503 g/mol. The van der Waals surface area contributed by atoms with Crippen LogP contribution < -0.4 is 24.4 Å². The minimum Gasteiger partial charge on any atom is -0.493 e. The summed E-state index contributed by atoms with van der Waals surface area (Å²) in [6.45, 7) is -0.247. The zero-order chi connectivity index (χ0) is 24.5. The number of hydrazone groups is 1. The summed E-state index contributed by atoms with van der Waals surface area (Å²) in [7, 11) is 2.94. The Hall–Kier alpha value is -3.75. The van der Waals surface area contributed by atoms with E-state index in [2.05, 4.69) is 10.5 Å². The highest BCUT2D eigenvalue weighted by atomic mass is 35.5. The van der Waals surface area contributed by atoms with Crippen molar-refractivity contribution < 1.29 is 28.5 Å². The largest absolute Gasteiger partial charge is 0.493 e. The van der Waals surface area contributed by atoms with E-state index in [-0.39, 0.29) is 28.7 Å². The Balaban J connectivity index is 1.59. The van der Waals surface area contributed by atoms with Crippen molar-refractivity contribution in [3.05, 3.63) is 81.8 Å². The predicted molar refractivity (Wildman–Crippen MR) is 129 cm³/mol. The summed E-state index contributed by atoms with van der Waals surface area (Å²) in [5.74, 6) is 0.310. The number of carbonyl (C=O) groups is 2. The van der Waals surface area contributed by atoms with Crippen LogP contribution in [-0.4, -0.2) is 38.9 Å². The highest BCUT2D eigenvalue weighted by molar-refractivity contribution is 6.36. The molecule has 0 bridgehead atoms. The molecular weight excluding hydrogens is 483 g/mol. The van der Waals surface area contributed by atoms with Gasteiger partial charge in [0.1, 0.15) is 0 Å². The molecule has 0 saturated heterocycles. The number of esters is 1. The lowest BCUT2D eigenvalue weighted by atomic mass is 10.2. The standard InChI is InChI=1S/C24H20Cl2N2O6/c1-31-19-5-3-4-6-20(19)33-14-23(29)28-27-13-15-7-10-21(22(11-15)32-2)34-24(30)17-9-8-16(25)12-18(17)26/h3-13H,14H2,1-2H3,(H,28,29)/b27-13+. The summed E-state index contributed by atoms with van der Waals surface area (Å²) < 4.78 is 21.3. The van der Waals surface area contributed by atoms with Gasteiger partial charge in [-0.1, -0.05) is 35.3 Å². The molecule has 0 saturated carbocycles. The van der Waals surface area contributed by atoms with Gasteiger partial charge in [0.05, 0.1) is 31.0 Å². The summed E-state index contributed by atoms with van der Waals surface area (Å²) >= 11 is 11.9. The molecule has 0 aliphatic carbocycles. The maximum absolute atomic E-state index is 12.5. The van der Waals surface area contributed by atoms with Gasteiger partial charge in [-0.3, -0.25) is 4.79 Å². The van der Waals surface area contributed by atoms with E-state index in [9.17, 15) is 9.59 Å². The molecule has 10 heteroatoms. The summed E-state index contributed by atoms with van der Waals surface area (Å²) in [6.07, 6.45) is 1.41. The van der Waals surface area contributed by atoms with Crippen molar-refractivity contribution in [1.82, 2.24) is 5.43 Å². The first kappa shape index (κ1) is 24.9. The lowest BCUT2D eigenvalue weighted by molar-refractivity contribution is -0.123. The number of carbonyl (C=O) groups excluding carboxylic acids is 2. The maximum atomic E-state index is 12.5. The highest BCUT2D eigenvalue weighted by Crippen LogP contribution is 2.30. The lowest BCUT2D eigenvalue weighted by Gasteiger charge is -2.11. The van der Waals surface area contributed by atoms with Crippen LogP contribution in [-0.2, 0) is 4.79 Å². The molecule has 0 fully saturated rings. The fourth-order valence-electron chi connectivity index (χ4n) is 2.75. The molecule has 3 aromatic rings. The number of methoxy groups -OCH3 is 2. The predicted octanol–water partition coefficient (Wildman–Crippen LogP) is 4.76. The molecule has 0 aromatic heterocycles. The Kier molecular flexibility index (Phi) is 8.73. The summed E-state index contributed by atoms with van der Waals surface area (Å²) in [5, 5.41) is 4.48. The van der Waals surface area contributed by atoms with Gasteiger partial charge in [0.15, 0.2) is 29.6 Å². The van der Waals surface area contributed by atoms with Gasteiger partial charge in [0, 0.05) is 5.02 Å². The summed E-state index contributed by atoms with van der Waals surface area (Å²) in [5.41, 5.74) is 3.12. The van der Waals surface area contributed by atoms with Crippen LogP contribution in [0.1, 0.15) is 15.9 Å². The molecule has 0 aliphatic heterocycles. The number of benzene rings is 3. The Bertz CT molecular complexity index is 1220. The van der Waals surface area contributed by atoms with E-state index in [1.54, 1.807) is 36.4 Å². The second-order valence-corrected chi connectivity index (χ2v) is 7.50. The van der Waals surface area contributed by atoms with Crippen molar-refractivity contribution in [1.29, 1.82) is 0 Å². The number of amides is 1. The van der Waals surface area contributed by atoms with Crippen LogP contribution in [0.15, 0.2) is 65.8 Å². The first-order chi connectivity index (χ1) is 16.4. The summed E-state index contributed by atoms with van der Waals surface area (Å²) in [6, 6.07) is 16.2. The van der Waals surface area contributed by atoms with E-state index < -0.39 is 11.9 Å². The van der Waals surface area contributed by atoms with E-state index >= 15 is 0 Å². The fraction of sp³-hybridized carbons (Fsp3) is 0.125. The van der Waals surface area contributed by atoms with Crippen LogP contribution in [0.4, 0.5) is 0 Å². The molecule has 0 aliphatic rings. The number of nitrogens with zero attached hydrogens (tertiary/aromatic N) is 1. The van der Waals surface area contributed by atoms with Crippen molar-refractivity contribution in [2.75, 3.05) is 20.8 Å². The van der Waals surface area contributed by atoms with Crippen LogP contribution in [0, 0.1) is 0 Å². The number of nitrogens with one attached hydrogen (secondary N) is 1. The molecule has 1 amide bonds. The van der Waals surface area contributed by atoms with Crippen LogP contribution >= 0.6 is 23.2 Å². The van der Waals surface area contributed by atoms with Gasteiger partial charge in [0.2, 0.25) is 0 Å². The van der Waals surface area contributed by atoms with E-state index in [0.29, 0.717) is 22.1 Å². The van der Waals surface area contributed by atoms with Crippen molar-refractivity contribution in [3.63, 3.8) is 0 Å². The number of hydrogen-bond donors (Lipinski definition) is 1. The first-order valence-electron chi connectivity index (χ1n) is 9.84. The Labute approximate surface area is 206 Å². The van der Waals surface area contributed by atoms with Gasteiger partial charge in [-0.15, -0.1) is 0 Å². The quantitative estimate of drug-likeness (QED) is 0.196. The van der Waals surface area contributed by atoms with Gasteiger partial charge in [-0.2, -0.15) is 5.10 Å². The number of hydrogen-bond acceptors (Lipinski definition) is 7. The van der Waals surface area contributed by atoms with Crippen LogP contribution in [0.3, 0.4) is 0 Å². The van der Waals surface area contributed by atoms with E-state index in [4.69, 9.17) is 42.1 Å². The SMILES string of the molecule is COc1ccccc1OCC(=O)N/N=C/c1ccc(OC(=O)c2ccc(Cl)cc2Cl)c(OC)c1. The normalized spacial score (nSPS) is 10.6. The first-order valence-corrected chi connectivity index (χ1v) is 10.6. The molecule has 0 heterocycles. The Morgan fingerprint density at radius 3 is 2.35 bits per heavy atom. The fourth-order valence-corrected chi connectivity index (χ4v) is 3.24. The van der Waals surface area contributed by atoms with Gasteiger partial charge in [0.25, 0.3) is 5.91 Å². The molecule has 176 valence electrons. The third-order valence-electron chi connectivity index (χ3n) is 4.37. The molecule has 0 spiro atoms.